The average molecular weight is 395 g/mol. The van der Waals surface area contributed by atoms with E-state index in [9.17, 15) is 10.1 Å². The highest BCUT2D eigenvalue weighted by Gasteiger charge is 2.24. The fourth-order valence-corrected chi connectivity index (χ4v) is 2.85. The van der Waals surface area contributed by atoms with Crippen LogP contribution in [0.4, 0.5) is 5.82 Å². The fourth-order valence-electron chi connectivity index (χ4n) is 2.73. The van der Waals surface area contributed by atoms with Crippen molar-refractivity contribution in [2.75, 3.05) is 25.6 Å². The molecule has 3 aromatic rings. The molecule has 28 heavy (non-hydrogen) atoms. The molecule has 0 fully saturated rings. The van der Waals surface area contributed by atoms with Crippen LogP contribution in [0.2, 0.25) is 5.02 Å². The van der Waals surface area contributed by atoms with Crippen molar-refractivity contribution in [3.05, 3.63) is 75.9 Å². The van der Waals surface area contributed by atoms with Gasteiger partial charge in [0.15, 0.2) is 5.69 Å². The van der Waals surface area contributed by atoms with E-state index in [1.807, 2.05) is 19.1 Å². The van der Waals surface area contributed by atoms with Crippen molar-refractivity contribution in [2.45, 2.75) is 6.92 Å². The third-order valence-electron chi connectivity index (χ3n) is 4.20. The van der Waals surface area contributed by atoms with Crippen LogP contribution >= 0.6 is 11.6 Å². The summed E-state index contributed by atoms with van der Waals surface area (Å²) in [6, 6.07) is 16.3. The lowest BCUT2D eigenvalue weighted by atomic mass is 10.0. The van der Waals surface area contributed by atoms with Crippen LogP contribution in [0.1, 0.15) is 27.2 Å². The molecule has 0 unspecified atom stereocenters. The monoisotopic (exact) mass is 394 g/mol. The smallest absolute Gasteiger partial charge is 0.214 e. The van der Waals surface area contributed by atoms with E-state index >= 15 is 0 Å². The van der Waals surface area contributed by atoms with Gasteiger partial charge < -0.3 is 10.1 Å². The number of nitrogens with one attached hydrogen (secondary N) is 1. The van der Waals surface area contributed by atoms with E-state index in [2.05, 4.69) is 16.5 Å². The molecule has 1 aromatic heterocycles. The highest BCUT2D eigenvalue weighted by Crippen LogP contribution is 2.26. The minimum absolute atomic E-state index is 0.0984. The van der Waals surface area contributed by atoms with Gasteiger partial charge in [0, 0.05) is 24.2 Å². The van der Waals surface area contributed by atoms with Crippen molar-refractivity contribution < 1.29 is 9.53 Å². The number of methoxy groups -OCH3 is 1. The largest absolute Gasteiger partial charge is 0.383 e. The Labute approximate surface area is 168 Å². The molecule has 0 saturated heterocycles. The van der Waals surface area contributed by atoms with Crippen molar-refractivity contribution in [1.82, 2.24) is 9.78 Å². The van der Waals surface area contributed by atoms with Crippen LogP contribution in [-0.4, -0.2) is 35.8 Å². The Hall–Kier alpha value is -3.14. The third kappa shape index (κ3) is 4.06. The number of ketones is 1. The lowest BCUT2D eigenvalue weighted by Gasteiger charge is -2.10. The maximum atomic E-state index is 13.0. The number of carbonyl (C=O) groups is 1. The molecule has 1 N–H and O–H groups in total. The summed E-state index contributed by atoms with van der Waals surface area (Å²) in [6.07, 6.45) is 0. The second-order valence-corrected chi connectivity index (χ2v) is 6.62. The molecule has 0 aliphatic carbocycles. The number of aryl methyl sites for hydroxylation is 1. The molecule has 2 aromatic carbocycles. The highest BCUT2D eigenvalue weighted by atomic mass is 35.5. The van der Waals surface area contributed by atoms with Gasteiger partial charge in [-0.15, -0.1) is 0 Å². The molecule has 0 radical (unpaired) electrons. The van der Waals surface area contributed by atoms with Crippen LogP contribution in [0.3, 0.4) is 0 Å². The lowest BCUT2D eigenvalue weighted by molar-refractivity contribution is 0.103. The van der Waals surface area contributed by atoms with Crippen LogP contribution in [0.15, 0.2) is 48.5 Å². The number of carbonyl (C=O) groups excluding carboxylic acids is 1. The molecule has 3 rings (SSSR count). The fraction of sp³-hybridized carbons (Fsp3) is 0.190. The Balaban J connectivity index is 2.10. The Bertz CT molecular complexity index is 1020. The van der Waals surface area contributed by atoms with Crippen LogP contribution in [0.5, 0.6) is 0 Å². The normalized spacial score (nSPS) is 10.5. The molecule has 0 amide bonds. The van der Waals surface area contributed by atoms with E-state index < -0.39 is 0 Å². The number of halogens is 1. The van der Waals surface area contributed by atoms with Crippen molar-refractivity contribution in [3.63, 3.8) is 0 Å². The average Bonchev–Trinajstić information content (AvgIpc) is 3.07. The van der Waals surface area contributed by atoms with Gasteiger partial charge in [0.05, 0.1) is 12.3 Å². The van der Waals surface area contributed by atoms with Gasteiger partial charge in [0.25, 0.3) is 0 Å². The molecule has 0 aliphatic heterocycles. The van der Waals surface area contributed by atoms with E-state index in [-0.39, 0.29) is 17.0 Å². The zero-order valence-corrected chi connectivity index (χ0v) is 16.3. The Morgan fingerprint density at radius 3 is 2.50 bits per heavy atom. The Morgan fingerprint density at radius 2 is 1.89 bits per heavy atom. The number of nitrogens with zero attached hydrogens (tertiary/aromatic N) is 3. The summed E-state index contributed by atoms with van der Waals surface area (Å²) in [5, 5.41) is 17.9. The van der Waals surface area contributed by atoms with Gasteiger partial charge in [-0.1, -0.05) is 41.4 Å². The molecule has 6 nitrogen and oxygen atoms in total. The number of rotatable bonds is 7. The standard InChI is InChI=1S/C21H19ClN4O2/c1-14-3-5-15(6-4-14)20(27)19-18(13-23)21(24-11-12-28-2)26(25-19)17-9-7-16(22)8-10-17/h3-10,24H,11-12H2,1-2H3. The zero-order valence-electron chi connectivity index (χ0n) is 15.6. The summed E-state index contributed by atoms with van der Waals surface area (Å²) in [7, 11) is 1.59. The maximum absolute atomic E-state index is 13.0. The van der Waals surface area contributed by atoms with Crippen LogP contribution in [0.25, 0.3) is 5.69 Å². The van der Waals surface area contributed by atoms with Gasteiger partial charge in [-0.25, -0.2) is 4.68 Å². The van der Waals surface area contributed by atoms with E-state index in [4.69, 9.17) is 16.3 Å². The van der Waals surface area contributed by atoms with Gasteiger partial charge in [-0.05, 0) is 31.2 Å². The minimum atomic E-state index is -0.306. The molecule has 0 aliphatic rings. The molecule has 7 heteroatoms. The van der Waals surface area contributed by atoms with Crippen LogP contribution in [0, 0.1) is 18.3 Å². The Morgan fingerprint density at radius 1 is 1.21 bits per heavy atom. The number of nitriles is 1. The van der Waals surface area contributed by atoms with Gasteiger partial charge in [0.1, 0.15) is 17.5 Å². The Kier molecular flexibility index (Phi) is 6.09. The second kappa shape index (κ2) is 8.70. The van der Waals surface area contributed by atoms with E-state index in [0.29, 0.717) is 35.2 Å². The number of aromatic nitrogens is 2. The van der Waals surface area contributed by atoms with Crippen LogP contribution in [-0.2, 0) is 4.74 Å². The summed E-state index contributed by atoms with van der Waals surface area (Å²) in [6.45, 7) is 2.85. The number of hydrogen-bond donors (Lipinski definition) is 1. The van der Waals surface area contributed by atoms with Gasteiger partial charge >= 0.3 is 0 Å². The van der Waals surface area contributed by atoms with Gasteiger partial charge in [-0.2, -0.15) is 10.4 Å². The molecule has 0 atom stereocenters. The molecular weight excluding hydrogens is 376 g/mol. The highest BCUT2D eigenvalue weighted by molar-refractivity contribution is 6.30. The van der Waals surface area contributed by atoms with Gasteiger partial charge in [0.2, 0.25) is 5.78 Å². The van der Waals surface area contributed by atoms with E-state index in [1.54, 1.807) is 48.2 Å². The SMILES string of the molecule is COCCNc1c(C#N)c(C(=O)c2ccc(C)cc2)nn1-c1ccc(Cl)cc1. The quantitative estimate of drug-likeness (QED) is 0.484. The molecular formula is C21H19ClN4O2. The van der Waals surface area contributed by atoms with Crippen molar-refractivity contribution in [2.24, 2.45) is 0 Å². The molecule has 142 valence electrons. The van der Waals surface area contributed by atoms with Gasteiger partial charge in [-0.3, -0.25) is 4.79 Å². The number of benzene rings is 2. The summed E-state index contributed by atoms with van der Waals surface area (Å²) >= 11 is 5.98. The summed E-state index contributed by atoms with van der Waals surface area (Å²) in [5.74, 6) is 0.136. The summed E-state index contributed by atoms with van der Waals surface area (Å²) in [4.78, 5) is 13.0. The third-order valence-corrected chi connectivity index (χ3v) is 4.45. The predicted molar refractivity (Wildman–Crippen MR) is 108 cm³/mol. The van der Waals surface area contributed by atoms with Crippen LogP contribution < -0.4 is 5.32 Å². The number of anilines is 1. The summed E-state index contributed by atoms with van der Waals surface area (Å²) in [5.41, 5.74) is 2.50. The molecule has 0 saturated carbocycles. The topological polar surface area (TPSA) is 79.9 Å². The van der Waals surface area contributed by atoms with Crippen molar-refractivity contribution in [3.8, 4) is 11.8 Å². The first-order valence-electron chi connectivity index (χ1n) is 8.68. The predicted octanol–water partition coefficient (Wildman–Crippen LogP) is 4.00. The first-order valence-corrected chi connectivity index (χ1v) is 9.06. The first-order chi connectivity index (χ1) is 13.5. The first kappa shape index (κ1) is 19.6. The van der Waals surface area contributed by atoms with Crippen molar-refractivity contribution >= 4 is 23.2 Å². The second-order valence-electron chi connectivity index (χ2n) is 6.19. The molecule has 1 heterocycles. The number of hydrogen-bond acceptors (Lipinski definition) is 5. The molecule has 0 spiro atoms. The van der Waals surface area contributed by atoms with E-state index in [0.717, 1.165) is 5.56 Å². The van der Waals surface area contributed by atoms with E-state index in [1.165, 1.54) is 0 Å². The number of ether oxygens (including phenoxy) is 1. The molecule has 0 bridgehead atoms. The van der Waals surface area contributed by atoms with Crippen molar-refractivity contribution in [1.29, 1.82) is 5.26 Å². The maximum Gasteiger partial charge on any atom is 0.214 e. The zero-order chi connectivity index (χ0) is 20.1. The minimum Gasteiger partial charge on any atom is -0.383 e. The summed E-state index contributed by atoms with van der Waals surface area (Å²) < 4.78 is 6.62. The lowest BCUT2D eigenvalue weighted by Crippen LogP contribution is -2.12.